The summed E-state index contributed by atoms with van der Waals surface area (Å²) in [6.45, 7) is 10.4. The molecule has 1 aliphatic heterocycles. The largest absolute Gasteiger partial charge is 0.339 e. The van der Waals surface area contributed by atoms with Gasteiger partial charge in [0.1, 0.15) is 0 Å². The van der Waals surface area contributed by atoms with E-state index < -0.39 is 0 Å². The summed E-state index contributed by atoms with van der Waals surface area (Å²) in [7, 11) is 0. The lowest BCUT2D eigenvalue weighted by atomic mass is 9.89. The van der Waals surface area contributed by atoms with Crippen molar-refractivity contribution < 1.29 is 4.79 Å². The molecule has 18 heavy (non-hydrogen) atoms. The maximum atomic E-state index is 12.7. The molecule has 106 valence electrons. The van der Waals surface area contributed by atoms with Crippen LogP contribution in [0.15, 0.2) is 0 Å². The molecular formula is C15H30N2O. The maximum Gasteiger partial charge on any atom is 0.242 e. The first kappa shape index (κ1) is 15.5. The van der Waals surface area contributed by atoms with Gasteiger partial charge in [-0.1, -0.05) is 19.8 Å². The molecule has 1 fully saturated rings. The van der Waals surface area contributed by atoms with Gasteiger partial charge in [-0.2, -0.15) is 0 Å². The van der Waals surface area contributed by atoms with E-state index in [4.69, 9.17) is 0 Å². The first-order valence-electron chi connectivity index (χ1n) is 7.57. The molecule has 0 bridgehead atoms. The van der Waals surface area contributed by atoms with Crippen molar-refractivity contribution in [2.24, 2.45) is 0 Å². The molecule has 1 amide bonds. The van der Waals surface area contributed by atoms with Crippen LogP contribution < -0.4 is 5.32 Å². The van der Waals surface area contributed by atoms with Gasteiger partial charge < -0.3 is 10.2 Å². The molecule has 3 heteroatoms. The lowest BCUT2D eigenvalue weighted by Crippen LogP contribution is -2.59. The molecule has 0 spiro atoms. The summed E-state index contributed by atoms with van der Waals surface area (Å²) >= 11 is 0. The van der Waals surface area contributed by atoms with E-state index in [-0.39, 0.29) is 5.54 Å². The summed E-state index contributed by atoms with van der Waals surface area (Å²) < 4.78 is 0. The van der Waals surface area contributed by atoms with Gasteiger partial charge in [0.2, 0.25) is 5.91 Å². The van der Waals surface area contributed by atoms with Crippen molar-refractivity contribution in [3.8, 4) is 0 Å². The van der Waals surface area contributed by atoms with Gasteiger partial charge in [0.25, 0.3) is 0 Å². The number of carbonyl (C=O) groups is 1. The summed E-state index contributed by atoms with van der Waals surface area (Å²) in [5.74, 6) is 0.299. The monoisotopic (exact) mass is 254 g/mol. The van der Waals surface area contributed by atoms with E-state index in [1.165, 1.54) is 19.3 Å². The Kier molecular flexibility index (Phi) is 6.13. The fourth-order valence-electron chi connectivity index (χ4n) is 2.68. The average Bonchev–Trinajstić information content (AvgIpc) is 2.34. The topological polar surface area (TPSA) is 32.3 Å². The number of hydrogen-bond acceptors (Lipinski definition) is 2. The Morgan fingerprint density at radius 3 is 2.56 bits per heavy atom. The number of unbranched alkanes of at least 4 members (excludes halogenated alkanes) is 2. The zero-order chi connectivity index (χ0) is 13.6. The van der Waals surface area contributed by atoms with Crippen molar-refractivity contribution in [3.63, 3.8) is 0 Å². The minimum atomic E-state index is -0.325. The summed E-state index contributed by atoms with van der Waals surface area (Å²) in [5, 5.41) is 3.43. The molecular weight excluding hydrogens is 224 g/mol. The number of hydrogen-bond donors (Lipinski definition) is 1. The predicted molar refractivity (Wildman–Crippen MR) is 76.6 cm³/mol. The Labute approximate surface area is 112 Å². The molecule has 1 heterocycles. The van der Waals surface area contributed by atoms with E-state index in [1.54, 1.807) is 0 Å². The van der Waals surface area contributed by atoms with E-state index in [0.717, 1.165) is 32.4 Å². The highest BCUT2D eigenvalue weighted by Gasteiger charge is 2.37. The SMILES string of the molecule is CCCCCN(C(=O)C1(C)CCCCN1)C(C)C. The van der Waals surface area contributed by atoms with E-state index in [1.807, 2.05) is 0 Å². The zero-order valence-electron chi connectivity index (χ0n) is 12.6. The lowest BCUT2D eigenvalue weighted by molar-refractivity contribution is -0.140. The van der Waals surface area contributed by atoms with Crippen molar-refractivity contribution >= 4 is 5.91 Å². The van der Waals surface area contributed by atoms with Crippen LogP contribution in [-0.4, -0.2) is 35.5 Å². The van der Waals surface area contributed by atoms with Crippen LogP contribution in [0.1, 0.15) is 66.2 Å². The second-order valence-electron chi connectivity index (χ2n) is 6.02. The summed E-state index contributed by atoms with van der Waals surface area (Å²) in [5.41, 5.74) is -0.325. The highest BCUT2D eigenvalue weighted by atomic mass is 16.2. The number of nitrogens with zero attached hydrogens (tertiary/aromatic N) is 1. The van der Waals surface area contributed by atoms with Crippen LogP contribution in [0.5, 0.6) is 0 Å². The standard InChI is InChI=1S/C15H30N2O/c1-5-6-9-12-17(13(2)3)14(18)15(4)10-7-8-11-16-15/h13,16H,5-12H2,1-4H3. The normalized spacial score (nSPS) is 24.3. The van der Waals surface area contributed by atoms with Crippen LogP contribution >= 0.6 is 0 Å². The molecule has 1 aliphatic rings. The van der Waals surface area contributed by atoms with Gasteiger partial charge in [0, 0.05) is 12.6 Å². The lowest BCUT2D eigenvalue weighted by Gasteiger charge is -2.39. The van der Waals surface area contributed by atoms with Crippen molar-refractivity contribution in [1.29, 1.82) is 0 Å². The van der Waals surface area contributed by atoms with Crippen LogP contribution in [0.25, 0.3) is 0 Å². The Morgan fingerprint density at radius 2 is 2.06 bits per heavy atom. The van der Waals surface area contributed by atoms with Gasteiger partial charge in [0.15, 0.2) is 0 Å². The number of carbonyl (C=O) groups excluding carboxylic acids is 1. The van der Waals surface area contributed by atoms with E-state index >= 15 is 0 Å². The third-order valence-corrected chi connectivity index (χ3v) is 3.98. The van der Waals surface area contributed by atoms with Gasteiger partial charge in [-0.15, -0.1) is 0 Å². The van der Waals surface area contributed by atoms with Crippen LogP contribution in [0.3, 0.4) is 0 Å². The molecule has 1 saturated heterocycles. The van der Waals surface area contributed by atoms with Crippen molar-refractivity contribution in [1.82, 2.24) is 10.2 Å². The second-order valence-corrected chi connectivity index (χ2v) is 6.02. The highest BCUT2D eigenvalue weighted by molar-refractivity contribution is 5.86. The molecule has 3 nitrogen and oxygen atoms in total. The van der Waals surface area contributed by atoms with Crippen molar-refractivity contribution in [2.75, 3.05) is 13.1 Å². The summed E-state index contributed by atoms with van der Waals surface area (Å²) in [6.07, 6.45) is 6.87. The van der Waals surface area contributed by atoms with Crippen LogP contribution in [-0.2, 0) is 4.79 Å². The molecule has 0 aromatic heterocycles. The first-order chi connectivity index (χ1) is 8.51. The van der Waals surface area contributed by atoms with Crippen LogP contribution in [0, 0.1) is 0 Å². The van der Waals surface area contributed by atoms with Crippen molar-refractivity contribution in [2.45, 2.75) is 77.8 Å². The van der Waals surface area contributed by atoms with Gasteiger partial charge >= 0.3 is 0 Å². The van der Waals surface area contributed by atoms with Gasteiger partial charge in [0.05, 0.1) is 5.54 Å². The van der Waals surface area contributed by atoms with Gasteiger partial charge in [-0.05, 0) is 53.0 Å². The molecule has 0 aromatic carbocycles. The molecule has 0 aliphatic carbocycles. The van der Waals surface area contributed by atoms with Crippen LogP contribution in [0.2, 0.25) is 0 Å². The Balaban J connectivity index is 2.63. The Bertz CT molecular complexity index is 257. The minimum absolute atomic E-state index is 0.299. The molecule has 1 rings (SSSR count). The first-order valence-corrected chi connectivity index (χ1v) is 7.57. The fraction of sp³-hybridized carbons (Fsp3) is 0.933. The second kappa shape index (κ2) is 7.13. The predicted octanol–water partition coefficient (Wildman–Crippen LogP) is 2.95. The molecule has 1 N–H and O–H groups in total. The number of nitrogens with one attached hydrogen (secondary N) is 1. The Hall–Kier alpha value is -0.570. The fourth-order valence-corrected chi connectivity index (χ4v) is 2.68. The Morgan fingerprint density at radius 1 is 1.33 bits per heavy atom. The van der Waals surface area contributed by atoms with E-state index in [9.17, 15) is 4.79 Å². The van der Waals surface area contributed by atoms with Crippen LogP contribution in [0.4, 0.5) is 0 Å². The third-order valence-electron chi connectivity index (χ3n) is 3.98. The van der Waals surface area contributed by atoms with E-state index in [2.05, 4.69) is 37.9 Å². The highest BCUT2D eigenvalue weighted by Crippen LogP contribution is 2.22. The van der Waals surface area contributed by atoms with Crippen molar-refractivity contribution in [3.05, 3.63) is 0 Å². The quantitative estimate of drug-likeness (QED) is 0.739. The smallest absolute Gasteiger partial charge is 0.242 e. The van der Waals surface area contributed by atoms with E-state index in [0.29, 0.717) is 11.9 Å². The third kappa shape index (κ3) is 3.98. The molecule has 0 radical (unpaired) electrons. The maximum absolute atomic E-state index is 12.7. The molecule has 1 atom stereocenters. The van der Waals surface area contributed by atoms with Gasteiger partial charge in [-0.25, -0.2) is 0 Å². The summed E-state index contributed by atoms with van der Waals surface area (Å²) in [6, 6.07) is 0.301. The zero-order valence-corrected chi connectivity index (χ0v) is 12.6. The summed E-state index contributed by atoms with van der Waals surface area (Å²) in [4.78, 5) is 14.8. The number of piperidine rings is 1. The number of amides is 1. The number of rotatable bonds is 6. The average molecular weight is 254 g/mol. The molecule has 0 aromatic rings. The van der Waals surface area contributed by atoms with Gasteiger partial charge in [-0.3, -0.25) is 4.79 Å². The molecule has 0 saturated carbocycles. The minimum Gasteiger partial charge on any atom is -0.339 e. The molecule has 1 unspecified atom stereocenters.